The quantitative estimate of drug-likeness (QED) is 0.430. The number of carboxylic acid groups (broad SMARTS) is 1. The summed E-state index contributed by atoms with van der Waals surface area (Å²) in [5.74, 6) is -1.66. The first-order valence-electron chi connectivity index (χ1n) is 11.2. The number of hydrogen-bond acceptors (Lipinski definition) is 3. The molecule has 1 saturated carbocycles. The molecule has 3 N–H and O–H groups in total. The van der Waals surface area contributed by atoms with Gasteiger partial charge in [-0.15, -0.1) is 0 Å². The zero-order valence-corrected chi connectivity index (χ0v) is 19.7. The fourth-order valence-corrected chi connectivity index (χ4v) is 4.42. The molecule has 2 atom stereocenters. The number of halogens is 5. The number of nitrogens with one attached hydrogen (secondary N) is 1. The maximum absolute atomic E-state index is 13.8. The molecule has 5 nitrogen and oxygen atoms in total. The molecule has 192 valence electrons. The number of benzene rings is 2. The van der Waals surface area contributed by atoms with Crippen LogP contribution >= 0.6 is 0 Å². The largest absolute Gasteiger partial charge is 0.465 e. The predicted molar refractivity (Wildman–Crippen MR) is 120 cm³/mol. The maximum atomic E-state index is 13.8. The molecule has 0 unspecified atom stereocenters. The number of aliphatic hydroxyl groups is 1. The van der Waals surface area contributed by atoms with Crippen molar-refractivity contribution < 1.29 is 37.0 Å². The first-order valence-corrected chi connectivity index (χ1v) is 11.2. The van der Waals surface area contributed by atoms with Crippen molar-refractivity contribution in [2.24, 2.45) is 0 Å². The molecular formula is C25H29F5N2O3. The molecule has 1 fully saturated rings. The Morgan fingerprint density at radius 1 is 1.09 bits per heavy atom. The van der Waals surface area contributed by atoms with Crippen LogP contribution in [0.3, 0.4) is 0 Å². The molecule has 2 aromatic rings. The molecule has 0 aliphatic heterocycles. The normalized spacial score (nSPS) is 17.1. The van der Waals surface area contributed by atoms with Crippen LogP contribution in [0.25, 0.3) is 0 Å². The van der Waals surface area contributed by atoms with E-state index in [2.05, 4.69) is 5.32 Å². The van der Waals surface area contributed by atoms with Crippen LogP contribution in [-0.4, -0.2) is 45.4 Å². The highest BCUT2D eigenvalue weighted by Gasteiger charge is 2.46. The van der Waals surface area contributed by atoms with Crippen LogP contribution in [0.5, 0.6) is 0 Å². The van der Waals surface area contributed by atoms with Crippen molar-refractivity contribution in [3.63, 3.8) is 0 Å². The topological polar surface area (TPSA) is 72.8 Å². The molecule has 0 radical (unpaired) electrons. The van der Waals surface area contributed by atoms with Gasteiger partial charge in [-0.1, -0.05) is 12.1 Å². The highest BCUT2D eigenvalue weighted by atomic mass is 19.4. The summed E-state index contributed by atoms with van der Waals surface area (Å²) < 4.78 is 67.0. The number of amides is 1. The van der Waals surface area contributed by atoms with Crippen molar-refractivity contribution in [3.05, 3.63) is 70.8 Å². The zero-order chi connectivity index (χ0) is 26.2. The van der Waals surface area contributed by atoms with Gasteiger partial charge in [0.1, 0.15) is 11.6 Å². The molecule has 10 heteroatoms. The van der Waals surface area contributed by atoms with Crippen LogP contribution < -0.4 is 5.32 Å². The second kappa shape index (κ2) is 9.73. The Balaban J connectivity index is 1.85. The molecular weight excluding hydrogens is 471 g/mol. The van der Waals surface area contributed by atoms with Crippen molar-refractivity contribution in [3.8, 4) is 0 Å². The summed E-state index contributed by atoms with van der Waals surface area (Å²) in [5.41, 5.74) is -1.91. The van der Waals surface area contributed by atoms with Gasteiger partial charge < -0.3 is 15.5 Å². The molecule has 3 rings (SSSR count). The Labute approximate surface area is 200 Å². The van der Waals surface area contributed by atoms with Crippen molar-refractivity contribution in [2.45, 2.75) is 69.4 Å². The van der Waals surface area contributed by atoms with Gasteiger partial charge in [0.15, 0.2) is 0 Å². The molecule has 1 aliphatic rings. The monoisotopic (exact) mass is 500 g/mol. The lowest BCUT2D eigenvalue weighted by atomic mass is 9.94. The van der Waals surface area contributed by atoms with Crippen molar-refractivity contribution in [2.75, 3.05) is 6.54 Å². The van der Waals surface area contributed by atoms with Gasteiger partial charge in [0.2, 0.25) is 0 Å². The molecule has 0 saturated heterocycles. The van der Waals surface area contributed by atoms with Gasteiger partial charge in [-0.05, 0) is 75.4 Å². The fraction of sp³-hybridized carbons (Fsp3) is 0.480. The summed E-state index contributed by atoms with van der Waals surface area (Å²) in [6.45, 7) is 4.75. The number of nitrogens with zero attached hydrogens (tertiary/aromatic N) is 1. The molecule has 1 aliphatic carbocycles. The Hall–Kier alpha value is -2.72. The standard InChI is InChI=1S/C25H29F5N2O3/c1-23(2,3)32(22(34)35)20(11-15-9-18(26)13-19(27)10-15)21(33)14-31-24(7-8-24)16-5-4-6-17(12-16)25(28,29)30/h4-6,9-10,12-13,20-21,31,33H,7-8,11,14H2,1-3H3,(H,34,35)/t20-,21+/m0/s1. The van der Waals surface area contributed by atoms with Crippen LogP contribution in [0.2, 0.25) is 0 Å². The Bertz CT molecular complexity index is 1040. The average Bonchev–Trinajstić information content (AvgIpc) is 3.50. The highest BCUT2D eigenvalue weighted by Crippen LogP contribution is 2.46. The van der Waals surface area contributed by atoms with E-state index >= 15 is 0 Å². The minimum Gasteiger partial charge on any atom is -0.465 e. The van der Waals surface area contributed by atoms with Crippen molar-refractivity contribution >= 4 is 6.09 Å². The van der Waals surface area contributed by atoms with E-state index in [0.717, 1.165) is 29.2 Å². The SMILES string of the molecule is CC(C)(C)N(C(=O)O)[C@@H](Cc1cc(F)cc(F)c1)[C@H](O)CNC1(c2cccc(C(F)(F)F)c2)CC1. The molecule has 2 aromatic carbocycles. The summed E-state index contributed by atoms with van der Waals surface area (Å²) in [4.78, 5) is 13.2. The Morgan fingerprint density at radius 3 is 2.17 bits per heavy atom. The van der Waals surface area contributed by atoms with Crippen LogP contribution in [0.4, 0.5) is 26.7 Å². The van der Waals surface area contributed by atoms with Gasteiger partial charge in [-0.2, -0.15) is 13.2 Å². The van der Waals surface area contributed by atoms with Crippen LogP contribution in [-0.2, 0) is 18.1 Å². The van der Waals surface area contributed by atoms with Crippen LogP contribution in [0, 0.1) is 11.6 Å². The minimum absolute atomic E-state index is 0.140. The van der Waals surface area contributed by atoms with Gasteiger partial charge in [0.25, 0.3) is 0 Å². The summed E-state index contributed by atoms with van der Waals surface area (Å²) in [6.07, 6.45) is -6.22. The van der Waals surface area contributed by atoms with E-state index in [1.807, 2.05) is 0 Å². The van der Waals surface area contributed by atoms with Crippen LogP contribution in [0.1, 0.15) is 50.3 Å². The Kier molecular flexibility index (Phi) is 7.48. The average molecular weight is 501 g/mol. The molecule has 0 bridgehead atoms. The minimum atomic E-state index is -4.49. The first-order chi connectivity index (χ1) is 16.1. The molecule has 1 amide bonds. The maximum Gasteiger partial charge on any atom is 0.416 e. The summed E-state index contributed by atoms with van der Waals surface area (Å²) in [7, 11) is 0. The summed E-state index contributed by atoms with van der Waals surface area (Å²) in [5, 5.41) is 24.1. The van der Waals surface area contributed by atoms with E-state index in [1.54, 1.807) is 26.8 Å². The van der Waals surface area contributed by atoms with Crippen molar-refractivity contribution in [1.82, 2.24) is 10.2 Å². The number of hydrogen-bond donors (Lipinski definition) is 3. The summed E-state index contributed by atoms with van der Waals surface area (Å²) in [6, 6.07) is 6.71. The molecule has 0 heterocycles. The lowest BCUT2D eigenvalue weighted by molar-refractivity contribution is -0.137. The van der Waals surface area contributed by atoms with E-state index in [1.165, 1.54) is 6.07 Å². The zero-order valence-electron chi connectivity index (χ0n) is 19.7. The highest BCUT2D eigenvalue weighted by molar-refractivity contribution is 5.66. The molecule has 0 aromatic heterocycles. The Morgan fingerprint density at radius 2 is 1.69 bits per heavy atom. The number of carbonyl (C=O) groups is 1. The third kappa shape index (κ3) is 6.49. The van der Waals surface area contributed by atoms with E-state index < -0.39 is 52.7 Å². The number of aliphatic hydroxyl groups excluding tert-OH is 1. The van der Waals surface area contributed by atoms with Gasteiger partial charge >= 0.3 is 12.3 Å². The van der Waals surface area contributed by atoms with E-state index in [0.29, 0.717) is 24.5 Å². The smallest absolute Gasteiger partial charge is 0.416 e. The third-order valence-corrected chi connectivity index (χ3v) is 6.21. The van der Waals surface area contributed by atoms with Crippen LogP contribution in [0.15, 0.2) is 42.5 Å². The van der Waals surface area contributed by atoms with E-state index in [-0.39, 0.29) is 18.5 Å². The van der Waals surface area contributed by atoms with Gasteiger partial charge in [-0.25, -0.2) is 13.6 Å². The molecule has 0 spiro atoms. The second-order valence-electron chi connectivity index (χ2n) is 9.98. The lowest BCUT2D eigenvalue weighted by Crippen LogP contribution is -2.58. The number of alkyl halides is 3. The van der Waals surface area contributed by atoms with Gasteiger partial charge in [0.05, 0.1) is 17.7 Å². The first kappa shape index (κ1) is 26.9. The number of rotatable bonds is 8. The van der Waals surface area contributed by atoms with Crippen molar-refractivity contribution in [1.29, 1.82) is 0 Å². The van der Waals surface area contributed by atoms with Gasteiger partial charge in [-0.3, -0.25) is 4.90 Å². The third-order valence-electron chi connectivity index (χ3n) is 6.21. The van der Waals surface area contributed by atoms with Gasteiger partial charge in [0, 0.05) is 23.7 Å². The predicted octanol–water partition coefficient (Wildman–Crippen LogP) is 5.31. The lowest BCUT2D eigenvalue weighted by Gasteiger charge is -2.42. The molecule has 35 heavy (non-hydrogen) atoms. The second-order valence-corrected chi connectivity index (χ2v) is 9.98. The van der Waals surface area contributed by atoms with E-state index in [4.69, 9.17) is 0 Å². The fourth-order valence-electron chi connectivity index (χ4n) is 4.42. The van der Waals surface area contributed by atoms with E-state index in [9.17, 15) is 37.0 Å². The summed E-state index contributed by atoms with van der Waals surface area (Å²) >= 11 is 0.